The van der Waals surface area contributed by atoms with E-state index < -0.39 is 25.6 Å². The zero-order chi connectivity index (χ0) is 18.9. The highest BCUT2D eigenvalue weighted by molar-refractivity contribution is 7.86. The van der Waals surface area contributed by atoms with Crippen LogP contribution in [0.5, 0.6) is 5.75 Å². The summed E-state index contributed by atoms with van der Waals surface area (Å²) in [5.41, 5.74) is -0.417. The third-order valence-electron chi connectivity index (χ3n) is 3.58. The molecule has 0 amide bonds. The highest BCUT2D eigenvalue weighted by atomic mass is 32.2. The zero-order valence-corrected chi connectivity index (χ0v) is 13.8. The number of aromatic hydroxyl groups is 1. The predicted octanol–water partition coefficient (Wildman–Crippen LogP) is 4.12. The third-order valence-corrected chi connectivity index (χ3v) is 4.46. The molecule has 0 unspecified atom stereocenters. The third kappa shape index (κ3) is 3.36. The maximum atomic E-state index is 11.5. The molecule has 10 heteroatoms. The first kappa shape index (κ1) is 17.5. The zero-order valence-electron chi connectivity index (χ0n) is 13.0. The monoisotopic (exact) mass is 373 g/mol. The predicted molar refractivity (Wildman–Crippen MR) is 92.7 cm³/mol. The van der Waals surface area contributed by atoms with Crippen LogP contribution in [0, 0.1) is 10.1 Å². The Kier molecular flexibility index (Phi) is 4.36. The van der Waals surface area contributed by atoms with Crippen LogP contribution in [0.3, 0.4) is 0 Å². The van der Waals surface area contributed by atoms with E-state index in [4.69, 9.17) is 0 Å². The van der Waals surface area contributed by atoms with Crippen molar-refractivity contribution < 1.29 is 23.0 Å². The van der Waals surface area contributed by atoms with Crippen molar-refractivity contribution >= 4 is 38.0 Å². The molecule has 3 aromatic carbocycles. The topological polar surface area (TPSA) is 142 Å². The molecule has 0 radical (unpaired) electrons. The van der Waals surface area contributed by atoms with E-state index >= 15 is 0 Å². The Hall–Kier alpha value is -3.37. The van der Waals surface area contributed by atoms with Crippen LogP contribution in [-0.2, 0) is 10.1 Å². The van der Waals surface area contributed by atoms with Crippen LogP contribution in [0.4, 0.5) is 17.1 Å². The minimum atomic E-state index is -4.74. The van der Waals surface area contributed by atoms with Gasteiger partial charge in [-0.25, -0.2) is 0 Å². The number of hydrogen-bond acceptors (Lipinski definition) is 7. The summed E-state index contributed by atoms with van der Waals surface area (Å²) in [4.78, 5) is 9.29. The van der Waals surface area contributed by atoms with Crippen molar-refractivity contribution in [3.8, 4) is 5.75 Å². The molecule has 9 nitrogen and oxygen atoms in total. The van der Waals surface area contributed by atoms with Crippen LogP contribution in [0.2, 0.25) is 0 Å². The lowest BCUT2D eigenvalue weighted by molar-refractivity contribution is -0.385. The van der Waals surface area contributed by atoms with Gasteiger partial charge < -0.3 is 5.11 Å². The molecular weight excluding hydrogens is 362 g/mol. The van der Waals surface area contributed by atoms with Crippen LogP contribution >= 0.6 is 0 Å². The Morgan fingerprint density at radius 1 is 0.923 bits per heavy atom. The van der Waals surface area contributed by atoms with Gasteiger partial charge in [-0.3, -0.25) is 14.7 Å². The van der Waals surface area contributed by atoms with Crippen LogP contribution < -0.4 is 0 Å². The summed E-state index contributed by atoms with van der Waals surface area (Å²) < 4.78 is 32.3. The second-order valence-corrected chi connectivity index (χ2v) is 6.62. The van der Waals surface area contributed by atoms with Gasteiger partial charge in [-0.2, -0.15) is 8.42 Å². The van der Waals surface area contributed by atoms with Gasteiger partial charge in [0, 0.05) is 22.9 Å². The lowest BCUT2D eigenvalue weighted by Crippen LogP contribution is -2.00. The van der Waals surface area contributed by atoms with Gasteiger partial charge in [0.05, 0.1) is 10.6 Å². The Labute approximate surface area is 147 Å². The van der Waals surface area contributed by atoms with E-state index in [1.54, 1.807) is 24.3 Å². The molecule has 0 bridgehead atoms. The fourth-order valence-electron chi connectivity index (χ4n) is 2.37. The first-order chi connectivity index (χ1) is 12.3. The molecule has 2 N–H and O–H groups in total. The van der Waals surface area contributed by atoms with Gasteiger partial charge in [0.2, 0.25) is 0 Å². The minimum absolute atomic E-state index is 0.0495. The molecule has 0 aromatic heterocycles. The van der Waals surface area contributed by atoms with Gasteiger partial charge in [-0.1, -0.05) is 24.3 Å². The first-order valence-corrected chi connectivity index (χ1v) is 8.60. The summed E-state index contributed by atoms with van der Waals surface area (Å²) >= 11 is 0. The van der Waals surface area contributed by atoms with E-state index in [0.717, 1.165) is 12.1 Å². The summed E-state index contributed by atoms with van der Waals surface area (Å²) in [7, 11) is -4.74. The average molecular weight is 373 g/mol. The Morgan fingerprint density at radius 3 is 2.19 bits per heavy atom. The normalized spacial score (nSPS) is 11.9. The van der Waals surface area contributed by atoms with Crippen molar-refractivity contribution in [1.29, 1.82) is 0 Å². The Bertz CT molecular complexity index is 1160. The first-order valence-electron chi connectivity index (χ1n) is 7.16. The van der Waals surface area contributed by atoms with E-state index in [-0.39, 0.29) is 11.4 Å². The molecule has 0 heterocycles. The van der Waals surface area contributed by atoms with Crippen molar-refractivity contribution in [3.63, 3.8) is 0 Å². The average Bonchev–Trinajstić information content (AvgIpc) is 2.60. The summed E-state index contributed by atoms with van der Waals surface area (Å²) in [6.07, 6.45) is 0. The number of non-ortho nitro benzene ring substituents is 1. The molecule has 3 rings (SSSR count). The minimum Gasteiger partial charge on any atom is -0.507 e. The van der Waals surface area contributed by atoms with Gasteiger partial charge in [0.1, 0.15) is 16.3 Å². The van der Waals surface area contributed by atoms with Gasteiger partial charge in [-0.05, 0) is 18.2 Å². The van der Waals surface area contributed by atoms with Gasteiger partial charge in [0.25, 0.3) is 15.8 Å². The number of benzene rings is 3. The van der Waals surface area contributed by atoms with Crippen LogP contribution in [0.1, 0.15) is 0 Å². The summed E-state index contributed by atoms with van der Waals surface area (Å²) in [6, 6.07) is 12.6. The molecule has 26 heavy (non-hydrogen) atoms. The van der Waals surface area contributed by atoms with Crippen molar-refractivity contribution in [2.24, 2.45) is 10.2 Å². The van der Waals surface area contributed by atoms with E-state index in [1.807, 2.05) is 0 Å². The number of phenols is 1. The van der Waals surface area contributed by atoms with E-state index in [2.05, 4.69) is 10.2 Å². The smallest absolute Gasteiger partial charge is 0.297 e. The Morgan fingerprint density at radius 2 is 1.54 bits per heavy atom. The lowest BCUT2D eigenvalue weighted by Gasteiger charge is -2.04. The van der Waals surface area contributed by atoms with Crippen molar-refractivity contribution in [2.75, 3.05) is 0 Å². The number of rotatable bonds is 4. The van der Waals surface area contributed by atoms with Crippen molar-refractivity contribution in [1.82, 2.24) is 0 Å². The molecule has 0 saturated carbocycles. The lowest BCUT2D eigenvalue weighted by atomic mass is 10.1. The molecule has 0 aliphatic rings. The maximum Gasteiger partial charge on any atom is 0.297 e. The van der Waals surface area contributed by atoms with Gasteiger partial charge in [0.15, 0.2) is 0 Å². The summed E-state index contributed by atoms with van der Waals surface area (Å²) in [5.74, 6) is 0.0495. The number of phenolic OH excluding ortho intramolecular Hbond substituents is 1. The largest absolute Gasteiger partial charge is 0.507 e. The van der Waals surface area contributed by atoms with Crippen LogP contribution in [-0.4, -0.2) is 23.0 Å². The molecule has 0 spiro atoms. The second-order valence-electron chi connectivity index (χ2n) is 5.23. The number of nitro benzene ring substituents is 1. The van der Waals surface area contributed by atoms with Crippen LogP contribution in [0.15, 0.2) is 69.7 Å². The summed E-state index contributed by atoms with van der Waals surface area (Å²) in [6.45, 7) is 0. The maximum absolute atomic E-state index is 11.5. The standard InChI is InChI=1S/C16H11N3O6S/c20-15-8-7-13(11-3-1-2-4-12(11)15)17-18-14-6-5-10(19(21)22)9-16(14)26(23,24)25/h1-9,20H,(H,23,24,25). The fourth-order valence-corrected chi connectivity index (χ4v) is 3.01. The van der Waals surface area contributed by atoms with E-state index in [9.17, 15) is 28.2 Å². The van der Waals surface area contributed by atoms with Crippen LogP contribution in [0.25, 0.3) is 10.8 Å². The number of nitrogens with zero attached hydrogens (tertiary/aromatic N) is 3. The van der Waals surface area contributed by atoms with E-state index in [0.29, 0.717) is 22.5 Å². The quantitative estimate of drug-likeness (QED) is 0.305. The molecule has 0 atom stereocenters. The number of azo groups is 1. The molecule has 3 aromatic rings. The SMILES string of the molecule is O=[N+]([O-])c1ccc(N=Nc2ccc(O)c3ccccc23)c(S(=O)(=O)O)c1. The number of fused-ring (bicyclic) bond motifs is 1. The summed E-state index contributed by atoms with van der Waals surface area (Å²) in [5, 5.41) is 29.5. The molecule has 0 fully saturated rings. The number of hydrogen-bond donors (Lipinski definition) is 2. The van der Waals surface area contributed by atoms with Crippen molar-refractivity contribution in [3.05, 3.63) is 64.7 Å². The molecule has 132 valence electrons. The highest BCUT2D eigenvalue weighted by Crippen LogP contribution is 2.35. The molecule has 0 aliphatic carbocycles. The Balaban J connectivity index is 2.13. The second kappa shape index (κ2) is 6.50. The molecule has 0 saturated heterocycles. The molecular formula is C16H11N3O6S. The highest BCUT2D eigenvalue weighted by Gasteiger charge is 2.20. The van der Waals surface area contributed by atoms with Gasteiger partial charge >= 0.3 is 0 Å². The van der Waals surface area contributed by atoms with Crippen molar-refractivity contribution in [2.45, 2.75) is 4.90 Å². The van der Waals surface area contributed by atoms with Gasteiger partial charge in [-0.15, -0.1) is 10.2 Å². The number of nitro groups is 1. The van der Waals surface area contributed by atoms with E-state index in [1.165, 1.54) is 12.1 Å². The fraction of sp³-hybridized carbons (Fsp3) is 0. The molecule has 0 aliphatic heterocycles.